The summed E-state index contributed by atoms with van der Waals surface area (Å²) in [5.41, 5.74) is 7.44. The Bertz CT molecular complexity index is 559. The van der Waals surface area contributed by atoms with Crippen molar-refractivity contribution in [1.82, 2.24) is 14.5 Å². The van der Waals surface area contributed by atoms with Crippen LogP contribution in [0.5, 0.6) is 0 Å². The molecule has 0 saturated carbocycles. The summed E-state index contributed by atoms with van der Waals surface area (Å²) >= 11 is 3.40. The molecule has 0 aromatic carbocycles. The maximum absolute atomic E-state index is 6.09. The van der Waals surface area contributed by atoms with E-state index in [0.717, 1.165) is 21.5 Å². The van der Waals surface area contributed by atoms with Crippen molar-refractivity contribution in [2.75, 3.05) is 7.11 Å². The monoisotopic (exact) mass is 312 g/mol. The van der Waals surface area contributed by atoms with Gasteiger partial charge in [-0.05, 0) is 35.8 Å². The van der Waals surface area contributed by atoms with Crippen molar-refractivity contribution in [2.45, 2.75) is 32.5 Å². The van der Waals surface area contributed by atoms with Crippen LogP contribution in [0.3, 0.4) is 0 Å². The predicted octanol–water partition coefficient (Wildman–Crippen LogP) is 2.08. The highest BCUT2D eigenvalue weighted by Crippen LogP contribution is 2.20. The van der Waals surface area contributed by atoms with Crippen molar-refractivity contribution in [1.29, 1.82) is 0 Å². The number of methoxy groups -OCH3 is 1. The maximum atomic E-state index is 6.09. The zero-order chi connectivity index (χ0) is 13.3. The van der Waals surface area contributed by atoms with Crippen molar-refractivity contribution in [2.24, 2.45) is 5.73 Å². The Morgan fingerprint density at radius 2 is 2.22 bits per heavy atom. The first-order valence-corrected chi connectivity index (χ1v) is 6.48. The fraction of sp³-hybridized carbons (Fsp3) is 0.500. The summed E-state index contributed by atoms with van der Waals surface area (Å²) in [4.78, 5) is 8.95. The van der Waals surface area contributed by atoms with Crippen LogP contribution in [0, 0.1) is 0 Å². The van der Waals surface area contributed by atoms with Crippen LogP contribution in [0.2, 0.25) is 0 Å². The van der Waals surface area contributed by atoms with E-state index in [-0.39, 0.29) is 5.54 Å². The normalized spacial score (nSPS) is 12.3. The molecule has 0 atom stereocenters. The number of pyridine rings is 1. The van der Waals surface area contributed by atoms with Gasteiger partial charge < -0.3 is 15.0 Å². The lowest BCUT2D eigenvalue weighted by atomic mass is 10.1. The summed E-state index contributed by atoms with van der Waals surface area (Å²) in [6, 6.07) is 1.95. The highest BCUT2D eigenvalue weighted by atomic mass is 79.9. The molecule has 2 aromatic heterocycles. The van der Waals surface area contributed by atoms with Gasteiger partial charge in [-0.2, -0.15) is 0 Å². The third kappa shape index (κ3) is 2.88. The van der Waals surface area contributed by atoms with E-state index in [9.17, 15) is 0 Å². The van der Waals surface area contributed by atoms with Crippen molar-refractivity contribution in [3.8, 4) is 0 Å². The van der Waals surface area contributed by atoms with Crippen LogP contribution in [0.1, 0.15) is 19.7 Å². The van der Waals surface area contributed by atoms with Gasteiger partial charge in [-0.3, -0.25) is 0 Å². The zero-order valence-electron chi connectivity index (χ0n) is 10.8. The Morgan fingerprint density at radius 1 is 1.50 bits per heavy atom. The first kappa shape index (κ1) is 13.5. The fourth-order valence-electron chi connectivity index (χ4n) is 1.85. The molecule has 0 saturated heterocycles. The number of hydrogen-bond donors (Lipinski definition) is 1. The molecule has 0 aliphatic rings. The molecule has 0 bridgehead atoms. The van der Waals surface area contributed by atoms with Gasteiger partial charge in [0.25, 0.3) is 0 Å². The van der Waals surface area contributed by atoms with E-state index >= 15 is 0 Å². The third-order valence-electron chi connectivity index (χ3n) is 2.47. The molecule has 0 aliphatic heterocycles. The van der Waals surface area contributed by atoms with Crippen LogP contribution in [0.15, 0.2) is 16.7 Å². The number of halogens is 1. The van der Waals surface area contributed by atoms with E-state index < -0.39 is 0 Å². The molecule has 18 heavy (non-hydrogen) atoms. The molecule has 2 rings (SSSR count). The van der Waals surface area contributed by atoms with Crippen molar-refractivity contribution >= 4 is 27.1 Å². The minimum absolute atomic E-state index is 0.328. The van der Waals surface area contributed by atoms with E-state index in [2.05, 4.69) is 25.9 Å². The first-order chi connectivity index (χ1) is 8.40. The molecule has 98 valence electrons. The molecule has 0 aliphatic carbocycles. The number of imidazole rings is 1. The molecule has 0 amide bonds. The summed E-state index contributed by atoms with van der Waals surface area (Å²) in [6.07, 6.45) is 1.76. The molecule has 6 heteroatoms. The Balaban J connectivity index is 2.55. The first-order valence-electron chi connectivity index (χ1n) is 5.69. The summed E-state index contributed by atoms with van der Waals surface area (Å²) in [7, 11) is 1.65. The Hall–Kier alpha value is -0.980. The van der Waals surface area contributed by atoms with Gasteiger partial charge in [-0.25, -0.2) is 9.97 Å². The highest BCUT2D eigenvalue weighted by molar-refractivity contribution is 9.10. The minimum atomic E-state index is -0.328. The molecule has 2 N–H and O–H groups in total. The van der Waals surface area contributed by atoms with Gasteiger partial charge >= 0.3 is 0 Å². The number of fused-ring (bicyclic) bond motifs is 1. The molecule has 0 unspecified atom stereocenters. The fourth-order valence-corrected chi connectivity index (χ4v) is 2.17. The van der Waals surface area contributed by atoms with E-state index in [0.29, 0.717) is 13.2 Å². The second-order valence-corrected chi connectivity index (χ2v) is 5.95. The molecule has 5 nitrogen and oxygen atoms in total. The van der Waals surface area contributed by atoms with Gasteiger partial charge in [0.05, 0.1) is 0 Å². The van der Waals surface area contributed by atoms with Crippen LogP contribution in [0.4, 0.5) is 0 Å². The molecule has 0 fully saturated rings. The Kier molecular flexibility index (Phi) is 3.70. The summed E-state index contributed by atoms with van der Waals surface area (Å²) in [5, 5.41) is 0. The lowest BCUT2D eigenvalue weighted by Gasteiger charge is -2.20. The number of aromatic nitrogens is 3. The minimum Gasteiger partial charge on any atom is -0.377 e. The number of hydrogen-bond acceptors (Lipinski definition) is 4. The second kappa shape index (κ2) is 4.95. The molecule has 0 spiro atoms. The van der Waals surface area contributed by atoms with Gasteiger partial charge in [-0.15, -0.1) is 0 Å². The maximum Gasteiger partial charge on any atom is 0.160 e. The largest absolute Gasteiger partial charge is 0.377 e. The van der Waals surface area contributed by atoms with Crippen LogP contribution < -0.4 is 5.73 Å². The molecule has 0 radical (unpaired) electrons. The van der Waals surface area contributed by atoms with Gasteiger partial charge in [-0.1, -0.05) is 0 Å². The number of nitrogens with two attached hydrogens (primary N) is 1. The van der Waals surface area contributed by atoms with Crippen LogP contribution in [0.25, 0.3) is 11.2 Å². The summed E-state index contributed by atoms with van der Waals surface area (Å²) in [6.45, 7) is 5.06. The molecular weight excluding hydrogens is 296 g/mol. The number of ether oxygens (including phenoxy) is 1. The van der Waals surface area contributed by atoms with E-state index in [4.69, 9.17) is 10.5 Å². The summed E-state index contributed by atoms with van der Waals surface area (Å²) in [5.74, 6) is 0.844. The van der Waals surface area contributed by atoms with Crippen molar-refractivity contribution in [3.63, 3.8) is 0 Å². The van der Waals surface area contributed by atoms with Gasteiger partial charge in [0.15, 0.2) is 5.65 Å². The zero-order valence-corrected chi connectivity index (χ0v) is 12.4. The van der Waals surface area contributed by atoms with Crippen molar-refractivity contribution in [3.05, 3.63) is 22.6 Å². The molecular formula is C12H17BrN4O. The summed E-state index contributed by atoms with van der Waals surface area (Å²) < 4.78 is 8.11. The van der Waals surface area contributed by atoms with Gasteiger partial charge in [0.2, 0.25) is 0 Å². The van der Waals surface area contributed by atoms with E-state index in [1.54, 1.807) is 13.3 Å². The lowest BCUT2D eigenvalue weighted by Crippen LogP contribution is -2.37. The molecule has 2 aromatic rings. The van der Waals surface area contributed by atoms with Crippen LogP contribution in [-0.4, -0.2) is 27.2 Å². The smallest absolute Gasteiger partial charge is 0.160 e. The van der Waals surface area contributed by atoms with E-state index in [1.165, 1.54) is 0 Å². The van der Waals surface area contributed by atoms with Crippen LogP contribution >= 0.6 is 15.9 Å². The van der Waals surface area contributed by atoms with Gasteiger partial charge in [0.1, 0.15) is 17.9 Å². The SMILES string of the molecule is COCc1nc2cc(Br)cnc2n1CC(C)(C)N. The average molecular weight is 313 g/mol. The number of rotatable bonds is 4. The number of nitrogens with zero attached hydrogens (tertiary/aromatic N) is 3. The Labute approximate surface area is 114 Å². The predicted molar refractivity (Wildman–Crippen MR) is 74.2 cm³/mol. The highest BCUT2D eigenvalue weighted by Gasteiger charge is 2.18. The quantitative estimate of drug-likeness (QED) is 0.938. The average Bonchev–Trinajstić information content (AvgIpc) is 2.54. The topological polar surface area (TPSA) is 66.0 Å². The second-order valence-electron chi connectivity index (χ2n) is 5.03. The molecule has 2 heterocycles. The van der Waals surface area contributed by atoms with E-state index in [1.807, 2.05) is 24.5 Å². The Morgan fingerprint density at radius 3 is 2.83 bits per heavy atom. The third-order valence-corrected chi connectivity index (χ3v) is 2.90. The van der Waals surface area contributed by atoms with Crippen molar-refractivity contribution < 1.29 is 4.74 Å². The standard InChI is InChI=1S/C12H17BrN4O/c1-12(2,14)7-17-10(6-18-3)16-9-4-8(13)5-15-11(9)17/h4-5H,6-7,14H2,1-3H3. The van der Waals surface area contributed by atoms with Gasteiger partial charge in [0, 0.05) is 29.9 Å². The lowest BCUT2D eigenvalue weighted by molar-refractivity contribution is 0.173. The van der Waals surface area contributed by atoms with Crippen LogP contribution in [-0.2, 0) is 17.9 Å².